The van der Waals surface area contributed by atoms with Gasteiger partial charge in [-0.05, 0) is 66.4 Å². The van der Waals surface area contributed by atoms with Crippen LogP contribution in [0.15, 0.2) is 59.7 Å². The van der Waals surface area contributed by atoms with Crippen molar-refractivity contribution >= 4 is 17.1 Å². The lowest BCUT2D eigenvalue weighted by molar-refractivity contribution is 0.0843. The van der Waals surface area contributed by atoms with Crippen LogP contribution < -0.4 is 0 Å². The van der Waals surface area contributed by atoms with Gasteiger partial charge in [0.25, 0.3) is 0 Å². The molecular formula is C27H24FN3O2. The van der Waals surface area contributed by atoms with E-state index in [1.54, 1.807) is 0 Å². The molecule has 0 spiro atoms. The van der Waals surface area contributed by atoms with E-state index >= 15 is 0 Å². The summed E-state index contributed by atoms with van der Waals surface area (Å²) in [6, 6.07) is 15.1. The highest BCUT2D eigenvalue weighted by atomic mass is 19.1. The Bertz CT molecular complexity index is 1350. The molecule has 0 atom stereocenters. The van der Waals surface area contributed by atoms with Crippen molar-refractivity contribution in [3.8, 4) is 16.8 Å². The van der Waals surface area contributed by atoms with Crippen molar-refractivity contribution in [2.75, 3.05) is 13.2 Å². The number of aliphatic imine (C=N–C) groups is 1. The second-order valence-electron chi connectivity index (χ2n) is 8.69. The molecule has 0 amide bonds. The highest BCUT2D eigenvalue weighted by molar-refractivity contribution is 6.03. The van der Waals surface area contributed by atoms with Crippen LogP contribution in [-0.4, -0.2) is 34.1 Å². The molecule has 4 heterocycles. The predicted octanol–water partition coefficient (Wildman–Crippen LogP) is 5.15. The highest BCUT2D eigenvalue weighted by Crippen LogP contribution is 2.44. The molecule has 5 nitrogen and oxygen atoms in total. The van der Waals surface area contributed by atoms with Gasteiger partial charge < -0.3 is 14.4 Å². The van der Waals surface area contributed by atoms with E-state index in [9.17, 15) is 9.50 Å². The van der Waals surface area contributed by atoms with Crippen LogP contribution in [0.2, 0.25) is 0 Å². The van der Waals surface area contributed by atoms with E-state index in [2.05, 4.69) is 26.7 Å². The largest absolute Gasteiger partial charge is 0.390 e. The Morgan fingerprint density at radius 3 is 2.61 bits per heavy atom. The number of nitrogens with zero attached hydrogens (tertiary/aromatic N) is 3. The number of fused-ring (bicyclic) bond motifs is 2. The molecule has 0 radical (unpaired) electrons. The molecule has 33 heavy (non-hydrogen) atoms. The lowest BCUT2D eigenvalue weighted by Gasteiger charge is -2.25. The van der Waals surface area contributed by atoms with Crippen LogP contribution in [0, 0.1) is 5.82 Å². The fourth-order valence-electron chi connectivity index (χ4n) is 5.11. The van der Waals surface area contributed by atoms with Gasteiger partial charge in [0.2, 0.25) is 0 Å². The number of benzene rings is 2. The van der Waals surface area contributed by atoms with Crippen molar-refractivity contribution < 1.29 is 14.2 Å². The van der Waals surface area contributed by atoms with E-state index < -0.39 is 0 Å². The quantitative estimate of drug-likeness (QED) is 0.476. The summed E-state index contributed by atoms with van der Waals surface area (Å²) in [5.41, 5.74) is 8.36. The van der Waals surface area contributed by atoms with E-state index in [4.69, 9.17) is 4.74 Å². The Hall–Kier alpha value is -3.35. The number of rotatable bonds is 4. The standard InChI is InChI=1S/C27H24FN3O2/c28-21-2-5-23(6-3-21)31-25-12-20-14-29-13-19(20)11-24(25)26(18-1-4-22(16-32)30-15-18)27(31)17-7-9-33-10-8-17/h1-6,11-12,14-15,17,32H,7-10,13,16H2. The van der Waals surface area contributed by atoms with Crippen molar-refractivity contribution in [1.82, 2.24) is 9.55 Å². The Balaban J connectivity index is 1.69. The average molecular weight is 442 g/mol. The normalized spacial score (nSPS) is 15.9. The van der Waals surface area contributed by atoms with Crippen LogP contribution >= 0.6 is 0 Å². The molecule has 166 valence electrons. The van der Waals surface area contributed by atoms with E-state index in [1.807, 2.05) is 36.7 Å². The summed E-state index contributed by atoms with van der Waals surface area (Å²) < 4.78 is 21.8. The van der Waals surface area contributed by atoms with Gasteiger partial charge in [-0.15, -0.1) is 0 Å². The molecule has 0 aliphatic carbocycles. The third-order valence-corrected chi connectivity index (χ3v) is 6.73. The minimum Gasteiger partial charge on any atom is -0.390 e. The van der Waals surface area contributed by atoms with E-state index in [-0.39, 0.29) is 12.4 Å². The minimum atomic E-state index is -0.250. The Kier molecular flexibility index (Phi) is 5.04. The van der Waals surface area contributed by atoms with Gasteiger partial charge in [-0.1, -0.05) is 6.07 Å². The first kappa shape index (κ1) is 20.3. The van der Waals surface area contributed by atoms with Gasteiger partial charge in [0, 0.05) is 59.4 Å². The molecule has 1 N–H and O–H groups in total. The molecule has 2 aromatic carbocycles. The lowest BCUT2D eigenvalue weighted by atomic mass is 9.90. The zero-order valence-corrected chi connectivity index (χ0v) is 18.2. The van der Waals surface area contributed by atoms with E-state index in [0.717, 1.165) is 59.3 Å². The molecular weight excluding hydrogens is 417 g/mol. The number of aliphatic hydroxyl groups is 1. The van der Waals surface area contributed by atoms with Crippen LogP contribution in [-0.2, 0) is 17.9 Å². The molecule has 0 bridgehead atoms. The summed E-state index contributed by atoms with van der Waals surface area (Å²) in [4.78, 5) is 8.94. The van der Waals surface area contributed by atoms with Gasteiger partial charge in [-0.2, -0.15) is 0 Å². The van der Waals surface area contributed by atoms with E-state index in [1.165, 1.54) is 23.4 Å². The van der Waals surface area contributed by atoms with Gasteiger partial charge in [0.1, 0.15) is 5.82 Å². The molecule has 6 rings (SSSR count). The summed E-state index contributed by atoms with van der Waals surface area (Å²) in [5.74, 6) is 0.0482. The van der Waals surface area contributed by atoms with Crippen LogP contribution in [0.1, 0.15) is 41.3 Å². The minimum absolute atomic E-state index is 0.0880. The van der Waals surface area contributed by atoms with Crippen LogP contribution in [0.25, 0.3) is 27.7 Å². The zero-order valence-electron chi connectivity index (χ0n) is 18.2. The molecule has 1 fully saturated rings. The third kappa shape index (κ3) is 3.46. The molecule has 2 aliphatic rings. The Labute approximate surface area is 191 Å². The molecule has 0 unspecified atom stereocenters. The SMILES string of the molecule is OCc1ccc(-c2c(C3CCOCC3)n(-c3ccc(F)cc3)c3cc4c(cc23)CN=C4)cn1. The number of hydrogen-bond acceptors (Lipinski definition) is 4. The van der Waals surface area contributed by atoms with Gasteiger partial charge in [-0.3, -0.25) is 9.98 Å². The first-order chi connectivity index (χ1) is 16.2. The second-order valence-corrected chi connectivity index (χ2v) is 8.69. The van der Waals surface area contributed by atoms with Crippen LogP contribution in [0.4, 0.5) is 4.39 Å². The van der Waals surface area contributed by atoms with Gasteiger partial charge in [0.15, 0.2) is 0 Å². The maximum atomic E-state index is 13.8. The number of aromatic nitrogens is 2. The summed E-state index contributed by atoms with van der Waals surface area (Å²) in [6.07, 6.45) is 5.63. The van der Waals surface area contributed by atoms with Gasteiger partial charge >= 0.3 is 0 Å². The third-order valence-electron chi connectivity index (χ3n) is 6.73. The molecule has 2 aromatic heterocycles. The summed E-state index contributed by atoms with van der Waals surface area (Å²) in [6.45, 7) is 2.04. The monoisotopic (exact) mass is 441 g/mol. The number of hydrogen-bond donors (Lipinski definition) is 1. The summed E-state index contributed by atoms with van der Waals surface area (Å²) >= 11 is 0. The molecule has 1 saturated heterocycles. The Morgan fingerprint density at radius 2 is 1.88 bits per heavy atom. The topological polar surface area (TPSA) is 59.6 Å². The van der Waals surface area contributed by atoms with Crippen molar-refractivity contribution in [1.29, 1.82) is 0 Å². The van der Waals surface area contributed by atoms with Crippen molar-refractivity contribution in [2.45, 2.75) is 31.9 Å². The maximum Gasteiger partial charge on any atom is 0.123 e. The number of pyridine rings is 1. The summed E-state index contributed by atoms with van der Waals surface area (Å²) in [5, 5.41) is 10.6. The number of ether oxygens (including phenoxy) is 1. The van der Waals surface area contributed by atoms with Crippen molar-refractivity contribution in [2.24, 2.45) is 4.99 Å². The van der Waals surface area contributed by atoms with Gasteiger partial charge in [0.05, 0.1) is 24.4 Å². The number of halogens is 1. The fourth-order valence-corrected chi connectivity index (χ4v) is 5.11. The number of aliphatic hydroxyl groups excluding tert-OH is 1. The Morgan fingerprint density at radius 1 is 1.06 bits per heavy atom. The van der Waals surface area contributed by atoms with Crippen molar-refractivity contribution in [3.63, 3.8) is 0 Å². The fraction of sp³-hybridized carbons (Fsp3) is 0.259. The summed E-state index contributed by atoms with van der Waals surface area (Å²) in [7, 11) is 0. The van der Waals surface area contributed by atoms with Crippen LogP contribution in [0.5, 0.6) is 0 Å². The molecule has 6 heteroatoms. The first-order valence-electron chi connectivity index (χ1n) is 11.3. The zero-order chi connectivity index (χ0) is 22.4. The highest BCUT2D eigenvalue weighted by Gasteiger charge is 2.29. The van der Waals surface area contributed by atoms with Gasteiger partial charge in [-0.25, -0.2) is 4.39 Å². The second kappa shape index (κ2) is 8.21. The maximum absolute atomic E-state index is 13.8. The van der Waals surface area contributed by atoms with Crippen molar-refractivity contribution in [3.05, 3.63) is 83.1 Å². The predicted molar refractivity (Wildman–Crippen MR) is 126 cm³/mol. The molecule has 0 saturated carbocycles. The van der Waals surface area contributed by atoms with E-state index in [0.29, 0.717) is 18.2 Å². The smallest absolute Gasteiger partial charge is 0.123 e. The first-order valence-corrected chi connectivity index (χ1v) is 11.3. The molecule has 4 aromatic rings. The molecule has 2 aliphatic heterocycles. The van der Waals surface area contributed by atoms with Crippen LogP contribution in [0.3, 0.4) is 0 Å². The lowest BCUT2D eigenvalue weighted by Crippen LogP contribution is -2.17. The average Bonchev–Trinajstić information content (AvgIpc) is 3.45.